The van der Waals surface area contributed by atoms with E-state index in [-0.39, 0.29) is 0 Å². The zero-order chi connectivity index (χ0) is 12.5. The molecule has 1 N–H and O–H groups in total. The van der Waals surface area contributed by atoms with Crippen LogP contribution in [0.1, 0.15) is 40.0 Å². The predicted octanol–water partition coefficient (Wildman–Crippen LogP) is 1.79. The highest BCUT2D eigenvalue weighted by atomic mass is 15.3. The average molecular weight is 241 g/mol. The number of hydrogen-bond acceptors (Lipinski definition) is 3. The van der Waals surface area contributed by atoms with Crippen LogP contribution in [-0.4, -0.2) is 61.7 Å². The summed E-state index contributed by atoms with van der Waals surface area (Å²) in [7, 11) is 0. The average Bonchev–Trinajstić information content (AvgIpc) is 2.38. The summed E-state index contributed by atoms with van der Waals surface area (Å²) in [5.74, 6) is 0. The van der Waals surface area contributed by atoms with Gasteiger partial charge < -0.3 is 10.2 Å². The molecule has 3 nitrogen and oxygen atoms in total. The molecule has 1 aliphatic heterocycles. The molecule has 0 spiro atoms. The van der Waals surface area contributed by atoms with Crippen LogP contribution >= 0.6 is 0 Å². The molecule has 1 heterocycles. The minimum Gasteiger partial charge on any atom is -0.317 e. The SMILES string of the molecule is CCCNCCCC(C)N1CCN(CC)CC1. The first-order chi connectivity index (χ1) is 8.27. The highest BCUT2D eigenvalue weighted by Gasteiger charge is 2.19. The first kappa shape index (κ1) is 14.9. The first-order valence-electron chi connectivity index (χ1n) is 7.45. The van der Waals surface area contributed by atoms with E-state index in [0.29, 0.717) is 0 Å². The first-order valence-corrected chi connectivity index (χ1v) is 7.45. The molecule has 1 rings (SSSR count). The third-order valence-electron chi connectivity index (χ3n) is 3.88. The lowest BCUT2D eigenvalue weighted by atomic mass is 10.1. The summed E-state index contributed by atoms with van der Waals surface area (Å²) in [6.07, 6.45) is 3.90. The van der Waals surface area contributed by atoms with Gasteiger partial charge in [-0.3, -0.25) is 4.90 Å². The van der Waals surface area contributed by atoms with Gasteiger partial charge in [-0.1, -0.05) is 13.8 Å². The maximum atomic E-state index is 3.48. The number of hydrogen-bond donors (Lipinski definition) is 1. The second-order valence-electron chi connectivity index (χ2n) is 5.21. The molecule has 1 saturated heterocycles. The summed E-state index contributed by atoms with van der Waals surface area (Å²) in [4.78, 5) is 5.21. The number of piperazine rings is 1. The molecule has 1 aliphatic rings. The molecule has 0 radical (unpaired) electrons. The monoisotopic (exact) mass is 241 g/mol. The van der Waals surface area contributed by atoms with E-state index >= 15 is 0 Å². The quantitative estimate of drug-likeness (QED) is 0.654. The molecule has 0 amide bonds. The third kappa shape index (κ3) is 5.84. The summed E-state index contributed by atoms with van der Waals surface area (Å²) in [6, 6.07) is 0.762. The summed E-state index contributed by atoms with van der Waals surface area (Å²) in [6.45, 7) is 15.5. The Bertz CT molecular complexity index is 176. The number of rotatable bonds is 8. The normalized spacial score (nSPS) is 20.6. The van der Waals surface area contributed by atoms with E-state index in [0.717, 1.165) is 6.04 Å². The van der Waals surface area contributed by atoms with Crippen molar-refractivity contribution in [1.29, 1.82) is 0 Å². The zero-order valence-electron chi connectivity index (χ0n) is 12.0. The Morgan fingerprint density at radius 1 is 1.06 bits per heavy atom. The molecule has 17 heavy (non-hydrogen) atoms. The predicted molar refractivity (Wildman–Crippen MR) is 75.5 cm³/mol. The molecule has 0 aromatic rings. The van der Waals surface area contributed by atoms with E-state index in [1.807, 2.05) is 0 Å². The van der Waals surface area contributed by atoms with Crippen LogP contribution in [0.4, 0.5) is 0 Å². The van der Waals surface area contributed by atoms with Gasteiger partial charge in [0.25, 0.3) is 0 Å². The Morgan fingerprint density at radius 3 is 2.35 bits per heavy atom. The second-order valence-corrected chi connectivity index (χ2v) is 5.21. The van der Waals surface area contributed by atoms with Gasteiger partial charge in [0.2, 0.25) is 0 Å². The lowest BCUT2D eigenvalue weighted by molar-refractivity contribution is 0.101. The highest BCUT2D eigenvalue weighted by molar-refractivity contribution is 4.75. The smallest absolute Gasteiger partial charge is 0.0113 e. The van der Waals surface area contributed by atoms with Gasteiger partial charge in [-0.25, -0.2) is 0 Å². The Balaban J connectivity index is 2.05. The molecular formula is C14H31N3. The Morgan fingerprint density at radius 2 is 1.76 bits per heavy atom. The Labute approximate surface area is 108 Å². The van der Waals surface area contributed by atoms with Crippen molar-refractivity contribution in [3.63, 3.8) is 0 Å². The van der Waals surface area contributed by atoms with Crippen LogP contribution in [0.5, 0.6) is 0 Å². The summed E-state index contributed by atoms with van der Waals surface area (Å²) >= 11 is 0. The third-order valence-corrected chi connectivity index (χ3v) is 3.88. The van der Waals surface area contributed by atoms with Crippen LogP contribution in [0.25, 0.3) is 0 Å². The Kier molecular flexibility index (Phi) is 7.82. The standard InChI is InChI=1S/C14H31N3/c1-4-8-15-9-6-7-14(3)17-12-10-16(5-2)11-13-17/h14-15H,4-13H2,1-3H3. The number of likely N-dealkylation sites (N-methyl/N-ethyl adjacent to an activating group) is 1. The maximum Gasteiger partial charge on any atom is 0.0113 e. The lowest BCUT2D eigenvalue weighted by Gasteiger charge is -2.37. The summed E-state index contributed by atoms with van der Waals surface area (Å²) < 4.78 is 0. The van der Waals surface area contributed by atoms with Crippen LogP contribution in [0, 0.1) is 0 Å². The molecule has 0 bridgehead atoms. The van der Waals surface area contributed by atoms with Crippen LogP contribution in [0.3, 0.4) is 0 Å². The molecule has 0 saturated carbocycles. The highest BCUT2D eigenvalue weighted by Crippen LogP contribution is 2.10. The van der Waals surface area contributed by atoms with Gasteiger partial charge >= 0.3 is 0 Å². The fourth-order valence-electron chi connectivity index (χ4n) is 2.53. The minimum atomic E-state index is 0.762. The van der Waals surface area contributed by atoms with Crippen LogP contribution < -0.4 is 5.32 Å². The molecule has 0 aliphatic carbocycles. The summed E-state index contributed by atoms with van der Waals surface area (Å²) in [5.41, 5.74) is 0. The van der Waals surface area contributed by atoms with Gasteiger partial charge in [-0.2, -0.15) is 0 Å². The van der Waals surface area contributed by atoms with Crippen molar-refractivity contribution >= 4 is 0 Å². The molecule has 0 aromatic carbocycles. The molecule has 3 heteroatoms. The summed E-state index contributed by atoms with van der Waals surface area (Å²) in [5, 5.41) is 3.48. The van der Waals surface area contributed by atoms with E-state index in [4.69, 9.17) is 0 Å². The fraction of sp³-hybridized carbons (Fsp3) is 1.00. The minimum absolute atomic E-state index is 0.762. The topological polar surface area (TPSA) is 18.5 Å². The molecular weight excluding hydrogens is 210 g/mol. The van der Waals surface area contributed by atoms with Crippen LogP contribution in [-0.2, 0) is 0 Å². The van der Waals surface area contributed by atoms with E-state index in [9.17, 15) is 0 Å². The van der Waals surface area contributed by atoms with Crippen molar-refractivity contribution in [3.8, 4) is 0 Å². The van der Waals surface area contributed by atoms with Gasteiger partial charge in [-0.15, -0.1) is 0 Å². The van der Waals surface area contributed by atoms with Gasteiger partial charge in [0.15, 0.2) is 0 Å². The van der Waals surface area contributed by atoms with E-state index in [1.165, 1.54) is 65.1 Å². The van der Waals surface area contributed by atoms with E-state index < -0.39 is 0 Å². The van der Waals surface area contributed by atoms with Crippen molar-refractivity contribution in [2.75, 3.05) is 45.8 Å². The molecule has 1 atom stereocenters. The fourth-order valence-corrected chi connectivity index (χ4v) is 2.53. The maximum absolute atomic E-state index is 3.48. The van der Waals surface area contributed by atoms with Crippen LogP contribution in [0.2, 0.25) is 0 Å². The van der Waals surface area contributed by atoms with Gasteiger partial charge in [0.1, 0.15) is 0 Å². The van der Waals surface area contributed by atoms with Gasteiger partial charge in [0.05, 0.1) is 0 Å². The van der Waals surface area contributed by atoms with Gasteiger partial charge in [0, 0.05) is 32.2 Å². The molecule has 1 unspecified atom stereocenters. The van der Waals surface area contributed by atoms with Crippen LogP contribution in [0.15, 0.2) is 0 Å². The Hall–Kier alpha value is -0.120. The molecule has 1 fully saturated rings. The van der Waals surface area contributed by atoms with E-state index in [2.05, 4.69) is 35.9 Å². The molecule has 102 valence electrons. The van der Waals surface area contributed by atoms with E-state index in [1.54, 1.807) is 0 Å². The largest absolute Gasteiger partial charge is 0.317 e. The number of nitrogens with zero attached hydrogens (tertiary/aromatic N) is 2. The van der Waals surface area contributed by atoms with Crippen molar-refractivity contribution < 1.29 is 0 Å². The van der Waals surface area contributed by atoms with Crippen molar-refractivity contribution in [2.24, 2.45) is 0 Å². The zero-order valence-corrected chi connectivity index (χ0v) is 12.0. The van der Waals surface area contributed by atoms with Crippen molar-refractivity contribution in [2.45, 2.75) is 46.1 Å². The lowest BCUT2D eigenvalue weighted by Crippen LogP contribution is -2.49. The van der Waals surface area contributed by atoms with Crippen molar-refractivity contribution in [3.05, 3.63) is 0 Å². The molecule has 0 aromatic heterocycles. The van der Waals surface area contributed by atoms with Gasteiger partial charge in [-0.05, 0) is 45.8 Å². The van der Waals surface area contributed by atoms with Crippen molar-refractivity contribution in [1.82, 2.24) is 15.1 Å². The number of nitrogens with one attached hydrogen (secondary N) is 1. The second kappa shape index (κ2) is 8.90.